The van der Waals surface area contributed by atoms with Gasteiger partial charge in [0.2, 0.25) is 0 Å². The van der Waals surface area contributed by atoms with E-state index in [9.17, 15) is 27.2 Å². The molecule has 2 saturated heterocycles. The van der Waals surface area contributed by atoms with Crippen LogP contribution in [0.4, 0.5) is 22.4 Å². The molecule has 0 bridgehead atoms. The molecule has 6 nitrogen and oxygen atoms in total. The standard InChI is InChI=1S/C23H17ClF4N4O2S/c24-15-3-2-13(16(7-15)23(26,27)28)11-31-18-4-1-12(5-14(18)8-30-31)6-20-21(33)32(22(34)35-20)19-10-29-9-17(19)25/h1-8,17,19,29H,9-11H2/t17-,19+/m0/s1. The number of thioether (sulfide) groups is 1. The molecule has 0 spiro atoms. The fraction of sp³-hybridized carbons (Fsp3) is 0.261. The van der Waals surface area contributed by atoms with Crippen molar-refractivity contribution < 1.29 is 27.2 Å². The van der Waals surface area contributed by atoms with Crippen molar-refractivity contribution in [3.8, 4) is 0 Å². The molecule has 12 heteroatoms. The van der Waals surface area contributed by atoms with Crippen molar-refractivity contribution in [2.24, 2.45) is 0 Å². The van der Waals surface area contributed by atoms with Gasteiger partial charge in [0.1, 0.15) is 6.17 Å². The van der Waals surface area contributed by atoms with Crippen LogP contribution in [0, 0.1) is 0 Å². The van der Waals surface area contributed by atoms with Gasteiger partial charge < -0.3 is 5.32 Å². The normalized spacial score (nSPS) is 22.2. The van der Waals surface area contributed by atoms with Crippen molar-refractivity contribution in [1.82, 2.24) is 20.0 Å². The molecule has 0 aliphatic carbocycles. The summed E-state index contributed by atoms with van der Waals surface area (Å²) >= 11 is 6.51. The summed E-state index contributed by atoms with van der Waals surface area (Å²) in [6.07, 6.45) is -2.82. The third-order valence-corrected chi connectivity index (χ3v) is 7.05. The minimum Gasteiger partial charge on any atom is -0.312 e. The quantitative estimate of drug-likeness (QED) is 0.380. The lowest BCUT2D eigenvalue weighted by Crippen LogP contribution is -2.44. The number of carbonyl (C=O) groups excluding carboxylic acids is 2. The largest absolute Gasteiger partial charge is 0.416 e. The predicted octanol–water partition coefficient (Wildman–Crippen LogP) is 5.10. The van der Waals surface area contributed by atoms with Crippen LogP contribution in [0.25, 0.3) is 17.0 Å². The molecule has 2 aliphatic rings. The van der Waals surface area contributed by atoms with Crippen LogP contribution in [-0.4, -0.2) is 51.1 Å². The Morgan fingerprint density at radius 1 is 1.17 bits per heavy atom. The number of benzene rings is 2. The molecule has 182 valence electrons. The van der Waals surface area contributed by atoms with Gasteiger partial charge in [-0.3, -0.25) is 19.2 Å². The number of amides is 2. The molecule has 2 fully saturated rings. The number of rotatable bonds is 4. The molecule has 0 unspecified atom stereocenters. The molecule has 5 rings (SSSR count). The summed E-state index contributed by atoms with van der Waals surface area (Å²) in [5.74, 6) is -0.547. The molecular formula is C23H17ClF4N4O2S. The molecule has 2 atom stereocenters. The fourth-order valence-electron chi connectivity index (χ4n) is 4.24. The maximum absolute atomic E-state index is 14.1. The van der Waals surface area contributed by atoms with Crippen molar-refractivity contribution in [1.29, 1.82) is 0 Å². The Labute approximate surface area is 205 Å². The summed E-state index contributed by atoms with van der Waals surface area (Å²) in [6.45, 7) is 0.182. The highest BCUT2D eigenvalue weighted by molar-refractivity contribution is 8.18. The highest BCUT2D eigenvalue weighted by atomic mass is 35.5. The Kier molecular flexibility index (Phi) is 6.10. The minimum atomic E-state index is -4.56. The lowest BCUT2D eigenvalue weighted by molar-refractivity contribution is -0.138. The summed E-state index contributed by atoms with van der Waals surface area (Å²) in [5, 5.41) is 7.17. The summed E-state index contributed by atoms with van der Waals surface area (Å²) in [4.78, 5) is 26.3. The van der Waals surface area contributed by atoms with Crippen LogP contribution in [-0.2, 0) is 17.5 Å². The number of hydrogen-bond acceptors (Lipinski definition) is 5. The number of imide groups is 1. The second-order valence-corrected chi connectivity index (χ2v) is 9.64. The topological polar surface area (TPSA) is 67.2 Å². The average molecular weight is 525 g/mol. The number of halogens is 5. The van der Waals surface area contributed by atoms with E-state index in [4.69, 9.17) is 11.6 Å². The highest BCUT2D eigenvalue weighted by Crippen LogP contribution is 2.36. The van der Waals surface area contributed by atoms with Gasteiger partial charge in [-0.25, -0.2) is 4.39 Å². The lowest BCUT2D eigenvalue weighted by atomic mass is 10.1. The van der Waals surface area contributed by atoms with E-state index in [1.54, 1.807) is 18.2 Å². The van der Waals surface area contributed by atoms with Gasteiger partial charge in [0, 0.05) is 23.5 Å². The van der Waals surface area contributed by atoms with Gasteiger partial charge in [0.25, 0.3) is 11.1 Å². The van der Waals surface area contributed by atoms with Gasteiger partial charge in [0.15, 0.2) is 0 Å². The van der Waals surface area contributed by atoms with Gasteiger partial charge >= 0.3 is 6.18 Å². The molecule has 2 aromatic carbocycles. The van der Waals surface area contributed by atoms with Crippen LogP contribution in [0.15, 0.2) is 47.5 Å². The zero-order valence-corrected chi connectivity index (χ0v) is 19.4. The molecule has 2 aliphatic heterocycles. The number of alkyl halides is 4. The highest BCUT2D eigenvalue weighted by Gasteiger charge is 2.44. The zero-order chi connectivity index (χ0) is 24.9. The Hall–Kier alpha value is -2.89. The molecule has 1 aromatic heterocycles. The first-order chi connectivity index (χ1) is 16.6. The van der Waals surface area contributed by atoms with Crippen LogP contribution in [0.3, 0.4) is 0 Å². The molecular weight excluding hydrogens is 508 g/mol. The van der Waals surface area contributed by atoms with Crippen LogP contribution < -0.4 is 5.32 Å². The Morgan fingerprint density at radius 3 is 2.69 bits per heavy atom. The number of carbonyl (C=O) groups is 2. The first-order valence-electron chi connectivity index (χ1n) is 10.5. The monoisotopic (exact) mass is 524 g/mol. The third kappa shape index (κ3) is 4.55. The van der Waals surface area contributed by atoms with E-state index in [1.807, 2.05) is 0 Å². The molecule has 2 amide bonds. The third-order valence-electron chi connectivity index (χ3n) is 5.93. The molecule has 3 aromatic rings. The Bertz CT molecular complexity index is 1370. The van der Waals surface area contributed by atoms with E-state index in [0.29, 0.717) is 16.5 Å². The van der Waals surface area contributed by atoms with Crippen molar-refractivity contribution >= 4 is 51.5 Å². The maximum Gasteiger partial charge on any atom is 0.416 e. The predicted molar refractivity (Wildman–Crippen MR) is 125 cm³/mol. The lowest BCUT2D eigenvalue weighted by Gasteiger charge is -2.21. The average Bonchev–Trinajstić information content (AvgIpc) is 3.46. The number of fused-ring (bicyclic) bond motifs is 1. The number of nitrogens with one attached hydrogen (secondary N) is 1. The van der Waals surface area contributed by atoms with E-state index in [-0.39, 0.29) is 35.1 Å². The van der Waals surface area contributed by atoms with Gasteiger partial charge in [-0.2, -0.15) is 18.3 Å². The summed E-state index contributed by atoms with van der Waals surface area (Å²) in [7, 11) is 0. The van der Waals surface area contributed by atoms with E-state index >= 15 is 0 Å². The van der Waals surface area contributed by atoms with Crippen LogP contribution in [0.2, 0.25) is 5.02 Å². The van der Waals surface area contributed by atoms with Gasteiger partial charge in [-0.05, 0) is 53.2 Å². The number of hydrogen-bond donors (Lipinski definition) is 1. The maximum atomic E-state index is 14.1. The van der Waals surface area contributed by atoms with Crippen LogP contribution >= 0.6 is 23.4 Å². The first-order valence-corrected chi connectivity index (χ1v) is 11.7. The van der Waals surface area contributed by atoms with E-state index in [0.717, 1.165) is 22.7 Å². The van der Waals surface area contributed by atoms with Gasteiger partial charge in [-0.15, -0.1) is 0 Å². The fourth-order valence-corrected chi connectivity index (χ4v) is 5.29. The van der Waals surface area contributed by atoms with Gasteiger partial charge in [0.05, 0.1) is 34.8 Å². The van der Waals surface area contributed by atoms with Crippen LogP contribution in [0.5, 0.6) is 0 Å². The van der Waals surface area contributed by atoms with E-state index < -0.39 is 35.1 Å². The van der Waals surface area contributed by atoms with E-state index in [2.05, 4.69) is 10.4 Å². The Morgan fingerprint density at radius 2 is 1.97 bits per heavy atom. The molecule has 0 radical (unpaired) electrons. The SMILES string of the molecule is O=C1SC(=Cc2ccc3c(cnn3Cc3ccc(Cl)cc3C(F)(F)F)c2)C(=O)N1[C@@H]1CNC[C@@H]1F. The van der Waals surface area contributed by atoms with Crippen molar-refractivity contribution in [3.63, 3.8) is 0 Å². The molecule has 1 N–H and O–H groups in total. The van der Waals surface area contributed by atoms with Gasteiger partial charge in [-0.1, -0.05) is 23.7 Å². The minimum absolute atomic E-state index is 0.00770. The molecule has 0 saturated carbocycles. The second-order valence-electron chi connectivity index (χ2n) is 8.21. The van der Waals surface area contributed by atoms with Crippen molar-refractivity contribution in [3.05, 3.63) is 69.2 Å². The van der Waals surface area contributed by atoms with E-state index in [1.165, 1.54) is 29.1 Å². The molecule has 3 heterocycles. The van der Waals surface area contributed by atoms with Crippen molar-refractivity contribution in [2.45, 2.75) is 24.9 Å². The first kappa shape index (κ1) is 23.8. The Balaban J connectivity index is 1.41. The van der Waals surface area contributed by atoms with Crippen LogP contribution in [0.1, 0.15) is 16.7 Å². The molecule has 35 heavy (non-hydrogen) atoms. The summed E-state index contributed by atoms with van der Waals surface area (Å²) in [5.41, 5.74) is 0.396. The summed E-state index contributed by atoms with van der Waals surface area (Å²) in [6, 6.07) is 7.86. The second kappa shape index (κ2) is 8.96. The van der Waals surface area contributed by atoms with Crippen molar-refractivity contribution in [2.75, 3.05) is 13.1 Å². The number of nitrogens with zero attached hydrogens (tertiary/aromatic N) is 3. The smallest absolute Gasteiger partial charge is 0.312 e. The zero-order valence-electron chi connectivity index (χ0n) is 17.9. The number of aromatic nitrogens is 2. The summed E-state index contributed by atoms with van der Waals surface area (Å²) < 4.78 is 55.9.